The van der Waals surface area contributed by atoms with Crippen LogP contribution in [0.5, 0.6) is 0 Å². The van der Waals surface area contributed by atoms with E-state index in [-0.39, 0.29) is 0 Å². The summed E-state index contributed by atoms with van der Waals surface area (Å²) in [4.78, 5) is 20.1. The van der Waals surface area contributed by atoms with Gasteiger partial charge in [0.05, 0.1) is 18.9 Å². The van der Waals surface area contributed by atoms with Crippen molar-refractivity contribution in [2.75, 3.05) is 0 Å². The van der Waals surface area contributed by atoms with Gasteiger partial charge in [0.1, 0.15) is 0 Å². The monoisotopic (exact) mass is 345 g/mol. The van der Waals surface area contributed by atoms with E-state index in [4.69, 9.17) is 4.89 Å². The molecular formula is C9H12F6O5P+. The lowest BCUT2D eigenvalue weighted by atomic mass is 9.95. The lowest BCUT2D eigenvalue weighted by molar-refractivity contribution is -0.223. The van der Waals surface area contributed by atoms with Crippen LogP contribution in [0.4, 0.5) is 26.3 Å². The lowest BCUT2D eigenvalue weighted by Gasteiger charge is -2.28. The first-order valence-electron chi connectivity index (χ1n) is 5.37. The molecule has 0 saturated heterocycles. The minimum absolute atomic E-state index is 1.04. The second kappa shape index (κ2) is 6.89. The maximum atomic E-state index is 12.4. The molecule has 0 fully saturated rings. The highest BCUT2D eigenvalue weighted by Gasteiger charge is 2.60. The zero-order valence-corrected chi connectivity index (χ0v) is 11.7. The topological polar surface area (TPSA) is 72.8 Å². The Morgan fingerprint density at radius 2 is 1.48 bits per heavy atom. The van der Waals surface area contributed by atoms with Gasteiger partial charge in [0.25, 0.3) is 0 Å². The average Bonchev–Trinajstić information content (AvgIpc) is 2.08. The van der Waals surface area contributed by atoms with Gasteiger partial charge >= 0.3 is 26.6 Å². The van der Waals surface area contributed by atoms with Gasteiger partial charge in [-0.15, -0.1) is 4.89 Å². The quantitative estimate of drug-likeness (QED) is 0.455. The van der Waals surface area contributed by atoms with Gasteiger partial charge in [-0.05, 0) is 13.8 Å². The van der Waals surface area contributed by atoms with E-state index in [1.54, 1.807) is 0 Å². The van der Waals surface area contributed by atoms with Crippen molar-refractivity contribution in [1.29, 1.82) is 0 Å². The number of hydrogen-bond acceptors (Lipinski definition) is 4. The Morgan fingerprint density at radius 1 is 1.10 bits per heavy atom. The van der Waals surface area contributed by atoms with Crippen LogP contribution in [0.25, 0.3) is 0 Å². The summed E-state index contributed by atoms with van der Waals surface area (Å²) in [5.74, 6) is -2.01. The summed E-state index contributed by atoms with van der Waals surface area (Å²) in [6.45, 7) is 2.37. The summed E-state index contributed by atoms with van der Waals surface area (Å²) in [7, 11) is -3.90. The summed E-state index contributed by atoms with van der Waals surface area (Å²) in [5.41, 5.74) is -3.66. The number of carbonyl (C=O) groups excluding carboxylic acids is 1. The number of rotatable bonds is 6. The molecule has 0 aromatic heterocycles. The molecule has 12 heteroatoms. The predicted octanol–water partition coefficient (Wildman–Crippen LogP) is 3.25. The fourth-order valence-corrected chi connectivity index (χ4v) is 1.93. The lowest BCUT2D eigenvalue weighted by Crippen LogP contribution is -2.49. The number of alkyl halides is 6. The van der Waals surface area contributed by atoms with Crippen LogP contribution in [-0.4, -0.2) is 34.9 Å². The van der Waals surface area contributed by atoms with Crippen molar-refractivity contribution in [1.82, 2.24) is 0 Å². The molecule has 21 heavy (non-hydrogen) atoms. The summed E-state index contributed by atoms with van der Waals surface area (Å²) >= 11 is 0. The van der Waals surface area contributed by atoms with Gasteiger partial charge in [-0.1, -0.05) is 4.52 Å². The first-order valence-corrected chi connectivity index (χ1v) is 6.50. The molecule has 0 heterocycles. The van der Waals surface area contributed by atoms with Crippen molar-refractivity contribution in [3.05, 3.63) is 0 Å². The van der Waals surface area contributed by atoms with E-state index in [0.717, 1.165) is 0 Å². The van der Waals surface area contributed by atoms with Crippen LogP contribution < -0.4 is 0 Å². The number of ether oxygens (including phenoxy) is 1. The van der Waals surface area contributed by atoms with Crippen molar-refractivity contribution >= 4 is 14.2 Å². The van der Waals surface area contributed by atoms with Crippen molar-refractivity contribution in [2.45, 2.75) is 50.7 Å². The number of halogens is 6. The molecule has 1 N–H and O–H groups in total. The Labute approximate surface area is 116 Å². The third-order valence-electron chi connectivity index (χ3n) is 1.94. The summed E-state index contributed by atoms with van der Waals surface area (Å²) in [6, 6.07) is 0. The first-order chi connectivity index (χ1) is 9.17. The van der Waals surface area contributed by atoms with Gasteiger partial charge in [0, 0.05) is 4.57 Å². The number of hydrogen-bond donors (Lipinski definition) is 1. The highest BCUT2D eigenvalue weighted by Crippen LogP contribution is 2.43. The molecule has 0 saturated carbocycles. The van der Waals surface area contributed by atoms with E-state index in [1.807, 2.05) is 0 Å². The van der Waals surface area contributed by atoms with Crippen LogP contribution >= 0.6 is 8.25 Å². The Kier molecular flexibility index (Phi) is 6.58. The first kappa shape index (κ1) is 20.1. The van der Waals surface area contributed by atoms with E-state index in [2.05, 4.69) is 9.26 Å². The molecule has 0 aromatic rings. The van der Waals surface area contributed by atoms with Gasteiger partial charge in [-0.2, -0.15) is 26.3 Å². The second-order valence-corrected chi connectivity index (χ2v) is 5.02. The van der Waals surface area contributed by atoms with E-state index < -0.39 is 51.1 Å². The van der Waals surface area contributed by atoms with Crippen LogP contribution in [0.1, 0.15) is 26.7 Å². The van der Waals surface area contributed by atoms with Crippen LogP contribution in [0, 0.1) is 0 Å². The largest absolute Gasteiger partial charge is 0.695 e. The van der Waals surface area contributed by atoms with E-state index in [9.17, 15) is 35.7 Å². The zero-order valence-electron chi connectivity index (χ0n) is 10.8. The molecule has 124 valence electrons. The molecular weight excluding hydrogens is 333 g/mol. The third kappa shape index (κ3) is 8.18. The molecule has 0 aliphatic rings. The van der Waals surface area contributed by atoms with E-state index in [0.29, 0.717) is 0 Å². The molecule has 5 nitrogen and oxygen atoms in total. The molecule has 1 atom stereocenters. The van der Waals surface area contributed by atoms with E-state index in [1.165, 1.54) is 13.8 Å². The van der Waals surface area contributed by atoms with Crippen molar-refractivity contribution in [3.63, 3.8) is 0 Å². The molecule has 0 rings (SSSR count). The number of carbonyl (C=O) groups is 1. The Bertz CT molecular complexity index is 375. The van der Waals surface area contributed by atoms with Crippen molar-refractivity contribution < 1.29 is 49.9 Å². The maximum Gasteiger partial charge on any atom is 0.695 e. The highest BCUT2D eigenvalue weighted by atomic mass is 31.1. The zero-order chi connectivity index (χ0) is 17.1. The Morgan fingerprint density at radius 3 is 1.71 bits per heavy atom. The molecule has 0 radical (unpaired) electrons. The van der Waals surface area contributed by atoms with Gasteiger partial charge in [0.2, 0.25) is 5.60 Å². The molecule has 1 unspecified atom stereocenters. The molecule has 0 aliphatic carbocycles. The number of esters is 1. The molecule has 0 aliphatic heterocycles. The van der Waals surface area contributed by atoms with Gasteiger partial charge in [-0.3, -0.25) is 0 Å². The fourth-order valence-electron chi connectivity index (χ4n) is 1.43. The summed E-state index contributed by atoms with van der Waals surface area (Å²) in [6.07, 6.45) is -16.4. The smallest absolute Gasteiger partial charge is 0.461 e. The van der Waals surface area contributed by atoms with Gasteiger partial charge in [0.15, 0.2) is 0 Å². The van der Waals surface area contributed by atoms with Crippen LogP contribution in [-0.2, 0) is 18.6 Å². The SMILES string of the molecule is CC(C)OC(=O)C(CC(F)(F)F)(CC(F)(F)F)O[P+](=O)O. The van der Waals surface area contributed by atoms with Crippen molar-refractivity contribution in [2.24, 2.45) is 0 Å². The summed E-state index contributed by atoms with van der Waals surface area (Å²) in [5, 5.41) is 0. The second-order valence-electron chi connectivity index (χ2n) is 4.36. The summed E-state index contributed by atoms with van der Waals surface area (Å²) < 4.78 is 93.3. The highest BCUT2D eigenvalue weighted by molar-refractivity contribution is 7.32. The minimum Gasteiger partial charge on any atom is -0.461 e. The molecule has 0 aromatic carbocycles. The molecule has 0 amide bonds. The predicted molar refractivity (Wildman–Crippen MR) is 56.2 cm³/mol. The Balaban J connectivity index is 5.70. The standard InChI is InChI=1S/C9H11F6O5P/c1-5(2)19-6(16)7(20-21(17)18,3-8(10,11)12)4-9(13,14)15/h5H,3-4H2,1-2H3/p+1. The molecule has 0 spiro atoms. The van der Waals surface area contributed by atoms with Crippen LogP contribution in [0.2, 0.25) is 0 Å². The van der Waals surface area contributed by atoms with Gasteiger partial charge < -0.3 is 4.74 Å². The fraction of sp³-hybridized carbons (Fsp3) is 0.889. The minimum atomic E-state index is -5.26. The Hall–Kier alpha value is -0.930. The third-order valence-corrected chi connectivity index (χ3v) is 2.45. The van der Waals surface area contributed by atoms with Crippen molar-refractivity contribution in [3.8, 4) is 0 Å². The maximum absolute atomic E-state index is 12.4. The average molecular weight is 345 g/mol. The van der Waals surface area contributed by atoms with Crippen LogP contribution in [0.3, 0.4) is 0 Å². The van der Waals surface area contributed by atoms with Crippen LogP contribution in [0.15, 0.2) is 0 Å². The van der Waals surface area contributed by atoms with E-state index >= 15 is 0 Å². The molecule has 0 bridgehead atoms. The normalized spacial score (nSPS) is 14.3. The van der Waals surface area contributed by atoms with Gasteiger partial charge in [-0.25, -0.2) is 4.79 Å².